The summed E-state index contributed by atoms with van der Waals surface area (Å²) in [5.74, 6) is -0.699. The molecule has 0 spiro atoms. The first-order valence-electron chi connectivity index (χ1n) is 6.79. The second kappa shape index (κ2) is 5.83. The van der Waals surface area contributed by atoms with Crippen LogP contribution in [0, 0.1) is 0 Å². The van der Waals surface area contributed by atoms with Crippen molar-refractivity contribution < 1.29 is 14.6 Å². The van der Waals surface area contributed by atoms with Gasteiger partial charge >= 0.3 is 5.97 Å². The van der Waals surface area contributed by atoms with Gasteiger partial charge in [-0.3, -0.25) is 9.69 Å². The Balaban J connectivity index is 1.90. The molecule has 98 valence electrons. The molecule has 17 heavy (non-hydrogen) atoms. The Morgan fingerprint density at radius 1 is 1.35 bits per heavy atom. The van der Waals surface area contributed by atoms with Crippen LogP contribution in [-0.4, -0.2) is 47.3 Å². The van der Waals surface area contributed by atoms with Crippen molar-refractivity contribution in [1.82, 2.24) is 4.90 Å². The van der Waals surface area contributed by atoms with Crippen molar-refractivity contribution in [3.8, 4) is 0 Å². The number of hydrogen-bond donors (Lipinski definition) is 1. The van der Waals surface area contributed by atoms with Gasteiger partial charge in [-0.05, 0) is 32.1 Å². The fourth-order valence-corrected chi connectivity index (χ4v) is 2.80. The lowest BCUT2D eigenvalue weighted by Crippen LogP contribution is -2.45. The van der Waals surface area contributed by atoms with Gasteiger partial charge in [0.1, 0.15) is 0 Å². The molecule has 0 aromatic rings. The minimum absolute atomic E-state index is 0.203. The Labute approximate surface area is 103 Å². The summed E-state index contributed by atoms with van der Waals surface area (Å²) in [4.78, 5) is 13.1. The maximum atomic E-state index is 10.9. The molecule has 0 radical (unpaired) electrons. The predicted octanol–water partition coefficient (Wildman–Crippen LogP) is 1.88. The topological polar surface area (TPSA) is 49.8 Å². The van der Waals surface area contributed by atoms with Gasteiger partial charge in [0.2, 0.25) is 0 Å². The molecule has 2 atom stereocenters. The summed E-state index contributed by atoms with van der Waals surface area (Å²) < 4.78 is 5.73. The second-order valence-corrected chi connectivity index (χ2v) is 5.26. The number of carboxylic acids is 1. The Morgan fingerprint density at radius 3 is 2.71 bits per heavy atom. The van der Waals surface area contributed by atoms with E-state index < -0.39 is 5.97 Å². The third-order valence-corrected chi connectivity index (χ3v) is 3.75. The summed E-state index contributed by atoms with van der Waals surface area (Å²) in [6, 6.07) is 0.945. The molecule has 2 aliphatic rings. The van der Waals surface area contributed by atoms with E-state index in [-0.39, 0.29) is 6.54 Å². The van der Waals surface area contributed by atoms with Gasteiger partial charge in [0, 0.05) is 18.7 Å². The van der Waals surface area contributed by atoms with Crippen LogP contribution < -0.4 is 0 Å². The molecule has 4 nitrogen and oxygen atoms in total. The van der Waals surface area contributed by atoms with Crippen molar-refractivity contribution >= 4 is 5.97 Å². The highest BCUT2D eigenvalue weighted by Gasteiger charge is 2.37. The molecule has 0 aromatic heterocycles. The monoisotopic (exact) mass is 241 g/mol. The van der Waals surface area contributed by atoms with Gasteiger partial charge in [-0.1, -0.05) is 13.3 Å². The lowest BCUT2D eigenvalue weighted by molar-refractivity contribution is -0.140. The molecule has 2 rings (SSSR count). The van der Waals surface area contributed by atoms with E-state index in [1.54, 1.807) is 0 Å². The van der Waals surface area contributed by atoms with Crippen LogP contribution in [-0.2, 0) is 9.53 Å². The molecular weight excluding hydrogens is 218 g/mol. The average Bonchev–Trinajstić information content (AvgIpc) is 3.10. The number of aliphatic carboxylic acids is 1. The summed E-state index contributed by atoms with van der Waals surface area (Å²) in [7, 11) is 0. The van der Waals surface area contributed by atoms with E-state index in [2.05, 4.69) is 11.8 Å². The highest BCUT2D eigenvalue weighted by atomic mass is 16.5. The first-order valence-corrected chi connectivity index (χ1v) is 6.79. The maximum Gasteiger partial charge on any atom is 0.317 e. The molecule has 1 aliphatic carbocycles. The molecule has 1 aliphatic heterocycles. The molecule has 0 bridgehead atoms. The van der Waals surface area contributed by atoms with Gasteiger partial charge in [0.15, 0.2) is 0 Å². The molecule has 4 heteroatoms. The number of ether oxygens (including phenoxy) is 1. The quantitative estimate of drug-likeness (QED) is 0.771. The zero-order valence-electron chi connectivity index (χ0n) is 10.6. The summed E-state index contributed by atoms with van der Waals surface area (Å²) in [6.45, 7) is 3.16. The lowest BCUT2D eigenvalue weighted by atomic mass is 9.98. The van der Waals surface area contributed by atoms with Crippen LogP contribution in [0.15, 0.2) is 0 Å². The smallest absolute Gasteiger partial charge is 0.317 e. The van der Waals surface area contributed by atoms with Crippen LogP contribution in [0.4, 0.5) is 0 Å². The molecule has 1 saturated heterocycles. The van der Waals surface area contributed by atoms with Crippen LogP contribution in [0.2, 0.25) is 0 Å². The average molecular weight is 241 g/mol. The molecule has 2 fully saturated rings. The van der Waals surface area contributed by atoms with E-state index in [1.807, 2.05) is 0 Å². The van der Waals surface area contributed by atoms with E-state index in [4.69, 9.17) is 9.84 Å². The molecule has 0 amide bonds. The SMILES string of the molecule is CCCC1CC(N(CC(=O)O)C2CC2)CCO1. The maximum absolute atomic E-state index is 10.9. The van der Waals surface area contributed by atoms with Crippen LogP contribution in [0.3, 0.4) is 0 Å². The van der Waals surface area contributed by atoms with Gasteiger partial charge in [-0.25, -0.2) is 0 Å². The Hall–Kier alpha value is -0.610. The van der Waals surface area contributed by atoms with E-state index in [9.17, 15) is 4.79 Å². The summed E-state index contributed by atoms with van der Waals surface area (Å²) >= 11 is 0. The van der Waals surface area contributed by atoms with Crippen LogP contribution in [0.1, 0.15) is 45.4 Å². The lowest BCUT2D eigenvalue weighted by Gasteiger charge is -2.37. The molecule has 1 saturated carbocycles. The summed E-state index contributed by atoms with van der Waals surface area (Å²) in [5, 5.41) is 8.99. The first kappa shape index (κ1) is 12.8. The highest BCUT2D eigenvalue weighted by Crippen LogP contribution is 2.32. The van der Waals surface area contributed by atoms with Crippen molar-refractivity contribution in [2.45, 2.75) is 63.6 Å². The normalized spacial score (nSPS) is 29.5. The minimum atomic E-state index is -0.699. The fourth-order valence-electron chi connectivity index (χ4n) is 2.80. The van der Waals surface area contributed by atoms with Gasteiger partial charge < -0.3 is 9.84 Å². The largest absolute Gasteiger partial charge is 0.480 e. The highest BCUT2D eigenvalue weighted by molar-refractivity contribution is 5.69. The first-order chi connectivity index (χ1) is 8.20. The second-order valence-electron chi connectivity index (χ2n) is 5.26. The number of rotatable bonds is 6. The van der Waals surface area contributed by atoms with Crippen molar-refractivity contribution in [3.05, 3.63) is 0 Å². The third kappa shape index (κ3) is 3.68. The molecule has 0 aromatic carbocycles. The van der Waals surface area contributed by atoms with Crippen molar-refractivity contribution in [2.75, 3.05) is 13.2 Å². The van der Waals surface area contributed by atoms with Crippen molar-refractivity contribution in [3.63, 3.8) is 0 Å². The number of nitrogens with zero attached hydrogens (tertiary/aromatic N) is 1. The van der Waals surface area contributed by atoms with Gasteiger partial charge in [-0.15, -0.1) is 0 Å². The molecule has 2 unspecified atom stereocenters. The number of hydrogen-bond acceptors (Lipinski definition) is 3. The number of carbonyl (C=O) groups is 1. The van der Waals surface area contributed by atoms with Gasteiger partial charge in [0.25, 0.3) is 0 Å². The fraction of sp³-hybridized carbons (Fsp3) is 0.923. The standard InChI is InChI=1S/C13H23NO3/c1-2-3-12-8-11(6-7-17-12)14(9-13(15)16)10-4-5-10/h10-12H,2-9H2,1H3,(H,15,16). The molecular formula is C13H23NO3. The zero-order chi connectivity index (χ0) is 12.3. The van der Waals surface area contributed by atoms with E-state index in [0.717, 1.165) is 32.3 Å². The van der Waals surface area contributed by atoms with E-state index in [1.165, 1.54) is 12.8 Å². The van der Waals surface area contributed by atoms with Gasteiger partial charge in [-0.2, -0.15) is 0 Å². The zero-order valence-corrected chi connectivity index (χ0v) is 10.6. The van der Waals surface area contributed by atoms with Crippen molar-refractivity contribution in [1.29, 1.82) is 0 Å². The molecule has 1 heterocycles. The summed E-state index contributed by atoms with van der Waals surface area (Å²) in [5.41, 5.74) is 0. The molecule has 1 N–H and O–H groups in total. The Bertz CT molecular complexity index is 263. The van der Waals surface area contributed by atoms with E-state index >= 15 is 0 Å². The van der Waals surface area contributed by atoms with Crippen LogP contribution >= 0.6 is 0 Å². The Kier molecular flexibility index (Phi) is 4.40. The Morgan fingerprint density at radius 2 is 2.12 bits per heavy atom. The number of carboxylic acid groups (broad SMARTS) is 1. The van der Waals surface area contributed by atoms with Crippen molar-refractivity contribution in [2.24, 2.45) is 0 Å². The van der Waals surface area contributed by atoms with E-state index in [0.29, 0.717) is 18.2 Å². The minimum Gasteiger partial charge on any atom is -0.480 e. The van der Waals surface area contributed by atoms with Crippen LogP contribution in [0.25, 0.3) is 0 Å². The third-order valence-electron chi connectivity index (χ3n) is 3.75. The summed E-state index contributed by atoms with van der Waals surface area (Å²) in [6.07, 6.45) is 6.92. The predicted molar refractivity (Wildman–Crippen MR) is 65.0 cm³/mol. The van der Waals surface area contributed by atoms with Crippen LogP contribution in [0.5, 0.6) is 0 Å². The van der Waals surface area contributed by atoms with Gasteiger partial charge in [0.05, 0.1) is 12.6 Å².